The molecule has 0 fully saturated rings. The van der Waals surface area contributed by atoms with Crippen molar-refractivity contribution in [1.82, 2.24) is 4.98 Å². The van der Waals surface area contributed by atoms with E-state index < -0.39 is 0 Å². The zero-order valence-corrected chi connectivity index (χ0v) is 10.7. The molecule has 1 aromatic carbocycles. The molecule has 0 bridgehead atoms. The number of hydrogen-bond acceptors (Lipinski definition) is 3. The van der Waals surface area contributed by atoms with Crippen molar-refractivity contribution in [3.63, 3.8) is 0 Å². The molecule has 0 aliphatic heterocycles. The van der Waals surface area contributed by atoms with Gasteiger partial charge in [-0.2, -0.15) is 0 Å². The Bertz CT molecular complexity index is 629. The van der Waals surface area contributed by atoms with Gasteiger partial charge in [0.2, 0.25) is 0 Å². The maximum atomic E-state index is 5.47. The van der Waals surface area contributed by atoms with Crippen LogP contribution in [0.3, 0.4) is 0 Å². The predicted molar refractivity (Wildman–Crippen MR) is 70.0 cm³/mol. The van der Waals surface area contributed by atoms with E-state index in [-0.39, 0.29) is 0 Å². The monoisotopic (exact) mass is 293 g/mol. The SMILES string of the molecule is BrCc1ncoc1-c1csc2ccccc12. The molecule has 16 heavy (non-hydrogen) atoms. The molecule has 0 amide bonds. The van der Waals surface area contributed by atoms with Crippen molar-refractivity contribution in [1.29, 1.82) is 0 Å². The van der Waals surface area contributed by atoms with Crippen LogP contribution in [0.1, 0.15) is 5.69 Å². The first kappa shape index (κ1) is 10.1. The van der Waals surface area contributed by atoms with Crippen molar-refractivity contribution in [3.05, 3.63) is 41.7 Å². The first-order chi connectivity index (χ1) is 7.90. The van der Waals surface area contributed by atoms with Gasteiger partial charge in [0.1, 0.15) is 0 Å². The zero-order chi connectivity index (χ0) is 11.0. The molecule has 0 aliphatic rings. The molecule has 3 aromatic rings. The lowest BCUT2D eigenvalue weighted by molar-refractivity contribution is 0.572. The maximum Gasteiger partial charge on any atom is 0.181 e. The summed E-state index contributed by atoms with van der Waals surface area (Å²) in [6.45, 7) is 0. The van der Waals surface area contributed by atoms with Crippen LogP contribution in [0.25, 0.3) is 21.4 Å². The van der Waals surface area contributed by atoms with E-state index in [1.54, 1.807) is 11.3 Å². The zero-order valence-electron chi connectivity index (χ0n) is 8.31. The molecule has 4 heteroatoms. The molecule has 0 radical (unpaired) electrons. The van der Waals surface area contributed by atoms with E-state index in [2.05, 4.69) is 38.4 Å². The van der Waals surface area contributed by atoms with E-state index in [4.69, 9.17) is 4.42 Å². The fourth-order valence-electron chi connectivity index (χ4n) is 1.74. The van der Waals surface area contributed by atoms with Crippen LogP contribution in [-0.2, 0) is 5.33 Å². The van der Waals surface area contributed by atoms with Crippen molar-refractivity contribution in [2.24, 2.45) is 0 Å². The molecule has 0 saturated heterocycles. The molecule has 2 heterocycles. The Labute approximate surface area is 105 Å². The Morgan fingerprint density at radius 1 is 1.31 bits per heavy atom. The third-order valence-electron chi connectivity index (χ3n) is 2.49. The minimum absolute atomic E-state index is 0.711. The van der Waals surface area contributed by atoms with Gasteiger partial charge >= 0.3 is 0 Å². The van der Waals surface area contributed by atoms with Crippen molar-refractivity contribution in [3.8, 4) is 11.3 Å². The molecule has 0 unspecified atom stereocenters. The average molecular weight is 294 g/mol. The van der Waals surface area contributed by atoms with Crippen LogP contribution in [0, 0.1) is 0 Å². The second-order valence-corrected chi connectivity index (χ2v) is 4.88. The fourth-order valence-corrected chi connectivity index (χ4v) is 3.08. The van der Waals surface area contributed by atoms with Crippen LogP contribution >= 0.6 is 27.3 Å². The summed E-state index contributed by atoms with van der Waals surface area (Å²) in [6.07, 6.45) is 1.50. The van der Waals surface area contributed by atoms with E-state index in [0.717, 1.165) is 17.0 Å². The molecule has 0 saturated carbocycles. The lowest BCUT2D eigenvalue weighted by Crippen LogP contribution is -1.80. The van der Waals surface area contributed by atoms with Crippen molar-refractivity contribution in [2.45, 2.75) is 5.33 Å². The number of alkyl halides is 1. The summed E-state index contributed by atoms with van der Waals surface area (Å²) in [7, 11) is 0. The molecular formula is C12H8BrNOS. The molecule has 3 rings (SSSR count). The highest BCUT2D eigenvalue weighted by atomic mass is 79.9. The lowest BCUT2D eigenvalue weighted by atomic mass is 10.1. The van der Waals surface area contributed by atoms with E-state index >= 15 is 0 Å². The maximum absolute atomic E-state index is 5.47. The topological polar surface area (TPSA) is 26.0 Å². The van der Waals surface area contributed by atoms with E-state index in [1.165, 1.54) is 16.5 Å². The van der Waals surface area contributed by atoms with Crippen molar-refractivity contribution in [2.75, 3.05) is 0 Å². The standard InChI is InChI=1S/C12H8BrNOS/c13-5-10-12(15-7-14-10)9-6-16-11-4-2-1-3-8(9)11/h1-4,6-7H,5H2. The molecule has 80 valence electrons. The number of nitrogens with zero attached hydrogens (tertiary/aromatic N) is 1. The summed E-state index contributed by atoms with van der Waals surface area (Å²) in [4.78, 5) is 4.19. The number of benzene rings is 1. The smallest absolute Gasteiger partial charge is 0.181 e. The predicted octanol–water partition coefficient (Wildman–Crippen LogP) is 4.45. The highest BCUT2D eigenvalue weighted by molar-refractivity contribution is 9.08. The molecule has 0 atom stereocenters. The third kappa shape index (κ3) is 1.49. The van der Waals surface area contributed by atoms with E-state index in [0.29, 0.717) is 5.33 Å². The minimum Gasteiger partial charge on any atom is -0.443 e. The van der Waals surface area contributed by atoms with Gasteiger partial charge in [0, 0.05) is 26.4 Å². The number of rotatable bonds is 2. The Balaban J connectivity index is 2.26. The second kappa shape index (κ2) is 4.03. The Hall–Kier alpha value is -1.13. The van der Waals surface area contributed by atoms with Gasteiger partial charge in [-0.15, -0.1) is 11.3 Å². The van der Waals surface area contributed by atoms with Gasteiger partial charge in [0.25, 0.3) is 0 Å². The summed E-state index contributed by atoms with van der Waals surface area (Å²) in [5, 5.41) is 4.06. The number of fused-ring (bicyclic) bond motifs is 1. The van der Waals surface area contributed by atoms with Gasteiger partial charge in [-0.25, -0.2) is 4.98 Å². The van der Waals surface area contributed by atoms with Gasteiger partial charge in [-0.3, -0.25) is 0 Å². The van der Waals surface area contributed by atoms with E-state index in [1.807, 2.05) is 12.1 Å². The number of hydrogen-bond donors (Lipinski definition) is 0. The van der Waals surface area contributed by atoms with Gasteiger partial charge in [0.05, 0.1) is 5.69 Å². The van der Waals surface area contributed by atoms with Crippen LogP contribution in [0.2, 0.25) is 0 Å². The lowest BCUT2D eigenvalue weighted by Gasteiger charge is -1.96. The summed E-state index contributed by atoms with van der Waals surface area (Å²) in [5.74, 6) is 0.870. The normalized spacial score (nSPS) is 11.1. The highest BCUT2D eigenvalue weighted by Gasteiger charge is 2.13. The fraction of sp³-hybridized carbons (Fsp3) is 0.0833. The Morgan fingerprint density at radius 3 is 3.06 bits per heavy atom. The second-order valence-electron chi connectivity index (χ2n) is 3.41. The van der Waals surface area contributed by atoms with Gasteiger partial charge in [-0.1, -0.05) is 34.1 Å². The van der Waals surface area contributed by atoms with Crippen LogP contribution in [-0.4, -0.2) is 4.98 Å². The molecule has 2 nitrogen and oxygen atoms in total. The van der Waals surface area contributed by atoms with E-state index in [9.17, 15) is 0 Å². The largest absolute Gasteiger partial charge is 0.443 e. The first-order valence-electron chi connectivity index (χ1n) is 4.85. The van der Waals surface area contributed by atoms with Crippen LogP contribution in [0.4, 0.5) is 0 Å². The number of aromatic nitrogens is 1. The van der Waals surface area contributed by atoms with Crippen molar-refractivity contribution >= 4 is 37.4 Å². The van der Waals surface area contributed by atoms with Crippen molar-refractivity contribution < 1.29 is 4.42 Å². The van der Waals surface area contributed by atoms with Gasteiger partial charge in [0.15, 0.2) is 12.2 Å². The molecule has 2 aromatic heterocycles. The van der Waals surface area contributed by atoms with Gasteiger partial charge < -0.3 is 4.42 Å². The molecule has 0 N–H and O–H groups in total. The molecule has 0 aliphatic carbocycles. The Kier molecular flexibility index (Phi) is 2.53. The number of thiophene rings is 1. The molecular weight excluding hydrogens is 286 g/mol. The highest BCUT2D eigenvalue weighted by Crippen LogP contribution is 2.35. The summed E-state index contributed by atoms with van der Waals surface area (Å²) in [5.41, 5.74) is 2.08. The number of halogens is 1. The van der Waals surface area contributed by atoms with Crippen LogP contribution in [0.15, 0.2) is 40.5 Å². The minimum atomic E-state index is 0.711. The summed E-state index contributed by atoms with van der Waals surface area (Å²) in [6, 6.07) is 8.33. The third-order valence-corrected chi connectivity index (χ3v) is 3.99. The average Bonchev–Trinajstić information content (AvgIpc) is 2.94. The van der Waals surface area contributed by atoms with Gasteiger partial charge in [-0.05, 0) is 6.07 Å². The Morgan fingerprint density at radius 2 is 2.19 bits per heavy atom. The first-order valence-corrected chi connectivity index (χ1v) is 6.85. The van der Waals surface area contributed by atoms with Crippen LogP contribution in [0.5, 0.6) is 0 Å². The quantitative estimate of drug-likeness (QED) is 0.653. The summed E-state index contributed by atoms with van der Waals surface area (Å²) >= 11 is 5.15. The van der Waals surface area contributed by atoms with Crippen LogP contribution < -0.4 is 0 Å². The summed E-state index contributed by atoms with van der Waals surface area (Å²) < 4.78 is 6.75. The number of oxazole rings is 1. The molecule has 0 spiro atoms.